The Kier molecular flexibility index (Phi) is 16.1. The molecule has 0 spiro atoms. The average molecular weight is 446 g/mol. The standard InChI is InChI=1S/C27H43NO4/c1-2-3-4-5-6-7-8-9-10-11-12-13-14-15-16-17-26(29)32-24-20-18-23(19-21-24)22-25(28)27(30)31/h9-10,18-21,25H,2-8,11-17,22,28H2,1H3,(H,30,31)/b10-9-. The number of benzene rings is 1. The van der Waals surface area contributed by atoms with Gasteiger partial charge in [0.25, 0.3) is 0 Å². The second kappa shape index (κ2) is 18.4. The summed E-state index contributed by atoms with van der Waals surface area (Å²) in [6.45, 7) is 2.25. The zero-order valence-electron chi connectivity index (χ0n) is 19.9. The fraction of sp³-hybridized carbons (Fsp3) is 0.630. The highest BCUT2D eigenvalue weighted by molar-refractivity contribution is 5.73. The smallest absolute Gasteiger partial charge is 0.320 e. The molecule has 0 saturated heterocycles. The third kappa shape index (κ3) is 14.8. The summed E-state index contributed by atoms with van der Waals surface area (Å²) in [6, 6.07) is 5.93. The Hall–Kier alpha value is -2.14. The van der Waals surface area contributed by atoms with Crippen molar-refractivity contribution in [1.29, 1.82) is 0 Å². The summed E-state index contributed by atoms with van der Waals surface area (Å²) < 4.78 is 5.35. The highest BCUT2D eigenvalue weighted by atomic mass is 16.5. The quantitative estimate of drug-likeness (QED) is 0.109. The van der Waals surface area contributed by atoms with E-state index in [1.54, 1.807) is 24.3 Å². The molecule has 1 rings (SSSR count). The number of nitrogens with two attached hydrogens (primary N) is 1. The number of carboxylic acid groups (broad SMARTS) is 1. The summed E-state index contributed by atoms with van der Waals surface area (Å²) >= 11 is 0. The molecule has 0 aliphatic rings. The molecule has 0 aromatic heterocycles. The summed E-state index contributed by atoms with van der Waals surface area (Å²) in [5.41, 5.74) is 6.33. The Bertz CT molecular complexity index is 654. The zero-order chi connectivity index (χ0) is 23.4. The van der Waals surface area contributed by atoms with Crippen molar-refractivity contribution in [1.82, 2.24) is 0 Å². The van der Waals surface area contributed by atoms with Crippen LogP contribution in [0.2, 0.25) is 0 Å². The van der Waals surface area contributed by atoms with Crippen LogP contribution in [0.25, 0.3) is 0 Å². The minimum absolute atomic E-state index is 0.224. The fourth-order valence-electron chi connectivity index (χ4n) is 3.56. The second-order valence-corrected chi connectivity index (χ2v) is 8.60. The van der Waals surface area contributed by atoms with E-state index in [1.807, 2.05) is 0 Å². The second-order valence-electron chi connectivity index (χ2n) is 8.60. The Morgan fingerprint density at radius 3 is 1.97 bits per heavy atom. The van der Waals surface area contributed by atoms with Gasteiger partial charge in [-0.2, -0.15) is 0 Å². The van der Waals surface area contributed by atoms with Crippen molar-refractivity contribution >= 4 is 11.9 Å². The van der Waals surface area contributed by atoms with Gasteiger partial charge in [0, 0.05) is 6.42 Å². The van der Waals surface area contributed by atoms with E-state index in [4.69, 9.17) is 15.6 Å². The summed E-state index contributed by atoms with van der Waals surface area (Å²) in [4.78, 5) is 22.8. The van der Waals surface area contributed by atoms with Crippen LogP contribution >= 0.6 is 0 Å². The van der Waals surface area contributed by atoms with Crippen LogP contribution < -0.4 is 10.5 Å². The van der Waals surface area contributed by atoms with Crippen molar-refractivity contribution in [2.45, 2.75) is 109 Å². The number of ether oxygens (including phenoxy) is 1. The Morgan fingerprint density at radius 2 is 1.41 bits per heavy atom. The molecule has 0 fully saturated rings. The van der Waals surface area contributed by atoms with Gasteiger partial charge in [0.05, 0.1) is 0 Å². The predicted molar refractivity (Wildman–Crippen MR) is 131 cm³/mol. The number of hydrogen-bond donors (Lipinski definition) is 2. The number of carboxylic acids is 1. The highest BCUT2D eigenvalue weighted by Crippen LogP contribution is 2.15. The van der Waals surface area contributed by atoms with E-state index in [9.17, 15) is 9.59 Å². The van der Waals surface area contributed by atoms with Gasteiger partial charge in [-0.3, -0.25) is 9.59 Å². The number of hydrogen-bond acceptors (Lipinski definition) is 4. The molecule has 3 N–H and O–H groups in total. The van der Waals surface area contributed by atoms with Gasteiger partial charge in [-0.15, -0.1) is 0 Å². The Labute approximate surface area is 194 Å². The molecule has 32 heavy (non-hydrogen) atoms. The van der Waals surface area contributed by atoms with Crippen LogP contribution in [0.1, 0.15) is 102 Å². The van der Waals surface area contributed by atoms with Crippen molar-refractivity contribution in [3.8, 4) is 5.75 Å². The molecule has 0 aliphatic heterocycles. The molecule has 0 aliphatic carbocycles. The summed E-state index contributed by atoms with van der Waals surface area (Å²) in [7, 11) is 0. The average Bonchev–Trinajstić information content (AvgIpc) is 2.77. The minimum atomic E-state index is -1.03. The van der Waals surface area contributed by atoms with Crippen molar-refractivity contribution in [2.75, 3.05) is 0 Å². The number of carbonyl (C=O) groups is 2. The zero-order valence-corrected chi connectivity index (χ0v) is 19.9. The van der Waals surface area contributed by atoms with E-state index >= 15 is 0 Å². The van der Waals surface area contributed by atoms with Gasteiger partial charge >= 0.3 is 11.9 Å². The monoisotopic (exact) mass is 445 g/mol. The molecule has 180 valence electrons. The molecule has 0 bridgehead atoms. The molecule has 1 aromatic carbocycles. The number of rotatable bonds is 19. The molecule has 0 heterocycles. The number of unbranched alkanes of at least 4 members (excludes halogenated alkanes) is 11. The van der Waals surface area contributed by atoms with E-state index in [0.29, 0.717) is 12.2 Å². The number of allylic oxidation sites excluding steroid dienone is 2. The fourth-order valence-corrected chi connectivity index (χ4v) is 3.56. The van der Waals surface area contributed by atoms with Crippen LogP contribution in [0.3, 0.4) is 0 Å². The van der Waals surface area contributed by atoms with E-state index < -0.39 is 12.0 Å². The first-order chi connectivity index (χ1) is 15.5. The minimum Gasteiger partial charge on any atom is -0.480 e. The molecular weight excluding hydrogens is 402 g/mol. The molecule has 0 radical (unpaired) electrons. The van der Waals surface area contributed by atoms with Crippen LogP contribution in [0, 0.1) is 0 Å². The first kappa shape index (κ1) is 27.9. The van der Waals surface area contributed by atoms with Crippen LogP contribution in [-0.4, -0.2) is 23.1 Å². The van der Waals surface area contributed by atoms with Gasteiger partial charge < -0.3 is 15.6 Å². The predicted octanol–water partition coefficient (Wildman–Crippen LogP) is 6.58. The number of carbonyl (C=O) groups excluding carboxylic acids is 1. The third-order valence-electron chi connectivity index (χ3n) is 5.57. The molecule has 1 atom stereocenters. The van der Waals surface area contributed by atoms with Gasteiger partial charge in [0.1, 0.15) is 11.8 Å². The highest BCUT2D eigenvalue weighted by Gasteiger charge is 2.12. The van der Waals surface area contributed by atoms with Crippen LogP contribution in [0.15, 0.2) is 36.4 Å². The lowest BCUT2D eigenvalue weighted by molar-refractivity contribution is -0.138. The summed E-state index contributed by atoms with van der Waals surface area (Å²) in [5, 5.41) is 8.85. The molecular formula is C27H43NO4. The Balaban J connectivity index is 1.99. The largest absolute Gasteiger partial charge is 0.480 e. The van der Waals surface area contributed by atoms with Crippen molar-refractivity contribution in [3.05, 3.63) is 42.0 Å². The molecule has 0 amide bonds. The lowest BCUT2D eigenvalue weighted by atomic mass is 10.1. The Morgan fingerprint density at radius 1 is 0.875 bits per heavy atom. The van der Waals surface area contributed by atoms with Gasteiger partial charge in [-0.1, -0.05) is 82.6 Å². The van der Waals surface area contributed by atoms with E-state index in [2.05, 4.69) is 19.1 Å². The molecule has 5 heteroatoms. The van der Waals surface area contributed by atoms with Gasteiger partial charge in [0.15, 0.2) is 0 Å². The summed E-state index contributed by atoms with van der Waals surface area (Å²) in [5.74, 6) is -0.770. The lowest BCUT2D eigenvalue weighted by Crippen LogP contribution is -2.32. The van der Waals surface area contributed by atoms with Gasteiger partial charge in [-0.05, 0) is 56.2 Å². The molecule has 1 aromatic rings. The summed E-state index contributed by atoms with van der Waals surface area (Å²) in [6.07, 6.45) is 21.3. The topological polar surface area (TPSA) is 89.6 Å². The maximum Gasteiger partial charge on any atom is 0.320 e. The maximum absolute atomic E-state index is 12.0. The van der Waals surface area contributed by atoms with Crippen LogP contribution in [-0.2, 0) is 16.0 Å². The van der Waals surface area contributed by atoms with Crippen LogP contribution in [0.4, 0.5) is 0 Å². The van der Waals surface area contributed by atoms with E-state index in [-0.39, 0.29) is 12.4 Å². The molecule has 1 unspecified atom stereocenters. The SMILES string of the molecule is CCCCCCCC/C=C\CCCCCCCC(=O)Oc1ccc(CC(N)C(=O)O)cc1. The van der Waals surface area contributed by atoms with Crippen molar-refractivity contribution < 1.29 is 19.4 Å². The lowest BCUT2D eigenvalue weighted by Gasteiger charge is -2.08. The van der Waals surface area contributed by atoms with Crippen molar-refractivity contribution in [2.24, 2.45) is 5.73 Å². The normalized spacial score (nSPS) is 12.2. The number of esters is 1. The maximum atomic E-state index is 12.0. The first-order valence-corrected chi connectivity index (χ1v) is 12.5. The molecule has 5 nitrogen and oxygen atoms in total. The van der Waals surface area contributed by atoms with Gasteiger partial charge in [-0.25, -0.2) is 0 Å². The third-order valence-corrected chi connectivity index (χ3v) is 5.57. The van der Waals surface area contributed by atoms with Crippen molar-refractivity contribution in [3.63, 3.8) is 0 Å². The van der Waals surface area contributed by atoms with Crippen LogP contribution in [0.5, 0.6) is 5.75 Å². The van der Waals surface area contributed by atoms with Gasteiger partial charge in [0.2, 0.25) is 0 Å². The number of aliphatic carboxylic acids is 1. The molecule has 0 saturated carbocycles. The van der Waals surface area contributed by atoms with E-state index in [1.165, 1.54) is 57.8 Å². The first-order valence-electron chi connectivity index (χ1n) is 12.5. The van der Waals surface area contributed by atoms with E-state index in [0.717, 1.165) is 31.2 Å².